The van der Waals surface area contributed by atoms with Gasteiger partial charge in [0.25, 0.3) is 11.2 Å². The Morgan fingerprint density at radius 3 is 2.48 bits per heavy atom. The lowest BCUT2D eigenvalue weighted by molar-refractivity contribution is -0.602. The molecule has 10 nitrogen and oxygen atoms in total. The summed E-state index contributed by atoms with van der Waals surface area (Å²) < 4.78 is 52.5. The first-order valence-corrected chi connectivity index (χ1v) is 13.3. The lowest BCUT2D eigenvalue weighted by atomic mass is 9.96. The fourth-order valence-corrected chi connectivity index (χ4v) is 5.96. The molecule has 4 rings (SSSR count). The highest BCUT2D eigenvalue weighted by molar-refractivity contribution is 7.89. The molecule has 1 saturated carbocycles. The zero-order chi connectivity index (χ0) is 23.8. The Morgan fingerprint density at radius 1 is 1.15 bits per heavy atom. The van der Waals surface area contributed by atoms with Crippen molar-refractivity contribution in [2.45, 2.75) is 43.5 Å². The van der Waals surface area contributed by atoms with Gasteiger partial charge in [0.2, 0.25) is 10.0 Å². The minimum atomic E-state index is -3.84. The van der Waals surface area contributed by atoms with E-state index in [2.05, 4.69) is 8.80 Å². The summed E-state index contributed by atoms with van der Waals surface area (Å²) >= 11 is -1.79. The highest BCUT2D eigenvalue weighted by Gasteiger charge is 2.38. The van der Waals surface area contributed by atoms with Crippen molar-refractivity contribution in [1.82, 2.24) is 4.31 Å². The summed E-state index contributed by atoms with van der Waals surface area (Å²) in [5.74, 6) is 2.42. The molecule has 1 aromatic carbocycles. The second kappa shape index (κ2) is 9.47. The van der Waals surface area contributed by atoms with E-state index in [-0.39, 0.29) is 22.4 Å². The van der Waals surface area contributed by atoms with Crippen molar-refractivity contribution in [2.24, 2.45) is 14.7 Å². The number of hydrogen-bond acceptors (Lipinski definition) is 5. The van der Waals surface area contributed by atoms with Crippen molar-refractivity contribution in [3.05, 3.63) is 41.9 Å². The number of benzene rings is 1. The van der Waals surface area contributed by atoms with E-state index >= 15 is 0 Å². The average molecular weight is 496 g/mol. The standard InChI is InChI=1S/C21H27N5O5S2/c1-13-11-12-16(31-13)18(14-7-4-5-8-14)23-21-20(24-32(28)25-21)22-15-9-6-10-17(19(15)27)33(29,30)26(2)3/h6,9-12,14,18,27H,4-5,7-8H2,1-3H3,(H,22,24)(H,23,25)/p+2. The van der Waals surface area contributed by atoms with E-state index < -0.39 is 21.2 Å². The summed E-state index contributed by atoms with van der Waals surface area (Å²) in [5.41, 5.74) is 0.253. The Labute approximate surface area is 195 Å². The molecule has 2 atom stereocenters. The predicted octanol–water partition coefficient (Wildman–Crippen LogP) is 0.623. The number of para-hydroxylation sites is 1. The molecule has 2 unspecified atom stereocenters. The molecule has 0 bridgehead atoms. The molecule has 1 aromatic heterocycles. The van der Waals surface area contributed by atoms with Gasteiger partial charge in [-0.25, -0.2) is 16.9 Å². The molecular formula is C21H29N5O5S2+2. The molecule has 178 valence electrons. The molecule has 5 N–H and O–H groups in total. The summed E-state index contributed by atoms with van der Waals surface area (Å²) in [4.78, 5) is -0.210. The van der Waals surface area contributed by atoms with Crippen LogP contribution < -0.4 is 10.6 Å². The lowest BCUT2D eigenvalue weighted by Crippen LogP contribution is -2.99. The Bertz CT molecular complexity index is 1230. The number of nitrogens with zero attached hydrogens (tertiary/aromatic N) is 3. The summed E-state index contributed by atoms with van der Waals surface area (Å²) in [5, 5.41) is 14.1. The van der Waals surface area contributed by atoms with Crippen LogP contribution in [0.3, 0.4) is 0 Å². The Balaban J connectivity index is 1.61. The average Bonchev–Trinajstić information content (AvgIpc) is 3.49. The van der Waals surface area contributed by atoms with Gasteiger partial charge < -0.3 is 9.52 Å². The van der Waals surface area contributed by atoms with E-state index in [4.69, 9.17) is 4.42 Å². The van der Waals surface area contributed by atoms with Gasteiger partial charge in [-0.15, -0.1) is 8.80 Å². The number of sulfonamides is 1. The van der Waals surface area contributed by atoms with Crippen LogP contribution in [0.15, 0.2) is 48.4 Å². The molecule has 2 aromatic rings. The smallest absolute Gasteiger partial charge is 0.324 e. The number of amidine groups is 2. The second-order valence-corrected chi connectivity index (χ2v) is 11.4. The molecular weight excluding hydrogens is 466 g/mol. The van der Waals surface area contributed by atoms with Crippen LogP contribution in [0.1, 0.15) is 43.2 Å². The summed E-state index contributed by atoms with van der Waals surface area (Å²) in [6.07, 6.45) is 4.44. The van der Waals surface area contributed by atoms with E-state index in [1.165, 1.54) is 25.5 Å². The number of phenolic OH excluding ortho intramolecular Hbond substituents is 1. The van der Waals surface area contributed by atoms with Gasteiger partial charge >= 0.3 is 11.7 Å². The van der Waals surface area contributed by atoms with Crippen LogP contribution in [-0.2, 0) is 21.2 Å². The maximum Gasteiger partial charge on any atom is 0.324 e. The zero-order valence-corrected chi connectivity index (χ0v) is 20.4. The first kappa shape index (κ1) is 23.8. The van der Waals surface area contributed by atoms with E-state index in [0.717, 1.165) is 41.5 Å². The first-order valence-electron chi connectivity index (χ1n) is 10.8. The van der Waals surface area contributed by atoms with Crippen LogP contribution in [-0.4, -0.2) is 47.8 Å². The maximum atomic E-state index is 12.5. The van der Waals surface area contributed by atoms with Crippen molar-refractivity contribution >= 4 is 38.6 Å². The van der Waals surface area contributed by atoms with Gasteiger partial charge in [-0.3, -0.25) is 10.6 Å². The summed E-state index contributed by atoms with van der Waals surface area (Å²) in [7, 11) is -1.04. The van der Waals surface area contributed by atoms with E-state index in [9.17, 15) is 17.7 Å². The molecule has 33 heavy (non-hydrogen) atoms. The van der Waals surface area contributed by atoms with Crippen LogP contribution in [0.5, 0.6) is 5.75 Å². The van der Waals surface area contributed by atoms with E-state index in [1.807, 2.05) is 24.4 Å². The van der Waals surface area contributed by atoms with Crippen molar-refractivity contribution < 1.29 is 32.8 Å². The molecule has 12 heteroatoms. The highest BCUT2D eigenvalue weighted by Crippen LogP contribution is 2.34. The largest absolute Gasteiger partial charge is 0.502 e. The fourth-order valence-electron chi connectivity index (χ4n) is 4.28. The number of rotatable bonds is 6. The molecule has 1 fully saturated rings. The van der Waals surface area contributed by atoms with Crippen molar-refractivity contribution in [2.75, 3.05) is 14.1 Å². The lowest BCUT2D eigenvalue weighted by Gasteiger charge is -2.19. The van der Waals surface area contributed by atoms with Crippen LogP contribution in [0.2, 0.25) is 0 Å². The van der Waals surface area contributed by atoms with Gasteiger partial charge in [-0.1, -0.05) is 18.9 Å². The molecule has 1 aliphatic carbocycles. The zero-order valence-electron chi connectivity index (χ0n) is 18.8. The molecule has 1 aliphatic heterocycles. The van der Waals surface area contributed by atoms with Crippen molar-refractivity contribution in [3.63, 3.8) is 0 Å². The Hall–Kier alpha value is -2.38. The minimum Gasteiger partial charge on any atom is -0.502 e. The van der Waals surface area contributed by atoms with E-state index in [0.29, 0.717) is 17.6 Å². The number of aromatic hydroxyl groups is 1. The second-order valence-electron chi connectivity index (χ2n) is 8.49. The van der Waals surface area contributed by atoms with Gasteiger partial charge in [0.1, 0.15) is 10.7 Å². The minimum absolute atomic E-state index is 0.0392. The number of quaternary nitrogens is 2. The van der Waals surface area contributed by atoms with Gasteiger partial charge in [0.05, 0.1) is 0 Å². The third kappa shape index (κ3) is 4.94. The number of aryl methyl sites for hydroxylation is 1. The molecule has 2 aliphatic rings. The van der Waals surface area contributed by atoms with Crippen LogP contribution in [0.4, 0.5) is 5.69 Å². The van der Waals surface area contributed by atoms with Gasteiger partial charge in [-0.05, 0) is 38.0 Å². The molecule has 0 spiro atoms. The van der Waals surface area contributed by atoms with Crippen LogP contribution in [0.25, 0.3) is 0 Å². The molecule has 2 heterocycles. The summed E-state index contributed by atoms with van der Waals surface area (Å²) in [6, 6.07) is 8.31. The normalized spacial score (nSPS) is 20.3. The maximum absolute atomic E-state index is 12.5. The summed E-state index contributed by atoms with van der Waals surface area (Å²) in [6.45, 7) is 1.90. The third-order valence-electron chi connectivity index (χ3n) is 6.03. The van der Waals surface area contributed by atoms with Crippen LogP contribution in [0, 0.1) is 12.8 Å². The third-order valence-corrected chi connectivity index (χ3v) is 8.58. The fraction of sp³-hybridized carbons (Fsp3) is 0.429. The number of nitrogens with two attached hydrogens (primary N) is 2. The predicted molar refractivity (Wildman–Crippen MR) is 124 cm³/mol. The SMILES string of the molecule is Cc1ccc(C([NH2+]C2=NS(=O)N=C2[NH2+]c2cccc(S(=O)(=O)N(C)C)c2O)C2CCCC2)o1. The highest BCUT2D eigenvalue weighted by atomic mass is 32.2. The molecule has 0 radical (unpaired) electrons. The number of hydrogen-bond donors (Lipinski definition) is 3. The number of furan rings is 1. The van der Waals surface area contributed by atoms with Gasteiger partial charge in [0, 0.05) is 26.1 Å². The van der Waals surface area contributed by atoms with Crippen molar-refractivity contribution in [1.29, 1.82) is 0 Å². The topological polar surface area (TPSA) is 146 Å². The van der Waals surface area contributed by atoms with Gasteiger partial charge in [-0.2, -0.15) is 0 Å². The Morgan fingerprint density at radius 2 is 1.85 bits per heavy atom. The van der Waals surface area contributed by atoms with Crippen molar-refractivity contribution in [3.8, 4) is 5.75 Å². The van der Waals surface area contributed by atoms with E-state index in [1.54, 1.807) is 12.1 Å². The quantitative estimate of drug-likeness (QED) is 0.397. The number of phenols is 1. The Kier molecular flexibility index (Phi) is 6.82. The molecule has 0 saturated heterocycles. The molecule has 0 amide bonds. The monoisotopic (exact) mass is 495 g/mol. The van der Waals surface area contributed by atoms with Crippen LogP contribution >= 0.6 is 0 Å². The first-order chi connectivity index (χ1) is 15.7. The van der Waals surface area contributed by atoms with Gasteiger partial charge in [0.15, 0.2) is 23.2 Å².